The first-order chi connectivity index (χ1) is 10.6. The molecule has 1 aromatic carbocycles. The molecule has 1 aliphatic carbocycles. The number of carbonyl (C=O) groups excluding carboxylic acids is 2. The topological polar surface area (TPSA) is 81.4 Å². The van der Waals surface area contributed by atoms with Gasteiger partial charge in [-0.2, -0.15) is 0 Å². The number of aromatic nitrogens is 1. The number of anilines is 1. The molecule has 116 valence electrons. The van der Waals surface area contributed by atoms with Crippen molar-refractivity contribution in [2.24, 2.45) is 11.8 Å². The van der Waals surface area contributed by atoms with E-state index in [2.05, 4.69) is 10.3 Å². The van der Waals surface area contributed by atoms with Crippen LogP contribution in [0.3, 0.4) is 0 Å². The monoisotopic (exact) mass is 302 g/mol. The van der Waals surface area contributed by atoms with Gasteiger partial charge in [-0.05, 0) is 31.0 Å². The van der Waals surface area contributed by atoms with Crippen LogP contribution in [-0.4, -0.2) is 24.0 Å². The molecule has 0 bridgehead atoms. The van der Waals surface area contributed by atoms with E-state index >= 15 is 0 Å². The van der Waals surface area contributed by atoms with Crippen molar-refractivity contribution in [1.29, 1.82) is 0 Å². The molecule has 2 aromatic rings. The van der Waals surface area contributed by atoms with Crippen LogP contribution in [0.4, 0.5) is 5.69 Å². The number of oxazole rings is 1. The van der Waals surface area contributed by atoms with Gasteiger partial charge in [-0.25, -0.2) is 4.98 Å². The number of aryl methyl sites for hydroxylation is 1. The number of methoxy groups -OCH3 is 1. The number of ether oxygens (including phenoxy) is 1. The van der Waals surface area contributed by atoms with Crippen molar-refractivity contribution in [3.63, 3.8) is 0 Å². The summed E-state index contributed by atoms with van der Waals surface area (Å²) in [6, 6.07) is 5.32. The highest BCUT2D eigenvalue weighted by atomic mass is 16.5. The summed E-state index contributed by atoms with van der Waals surface area (Å²) >= 11 is 0. The zero-order chi connectivity index (χ0) is 15.7. The molecule has 0 radical (unpaired) electrons. The summed E-state index contributed by atoms with van der Waals surface area (Å²) in [6.07, 6.45) is 2.27. The molecule has 2 atom stereocenters. The fourth-order valence-electron chi connectivity index (χ4n) is 3.06. The molecular formula is C16H18N2O4. The Bertz CT molecular complexity index is 722. The number of benzene rings is 1. The second-order valence-electron chi connectivity index (χ2n) is 5.57. The second-order valence-corrected chi connectivity index (χ2v) is 5.57. The third-order valence-electron chi connectivity index (χ3n) is 4.12. The van der Waals surface area contributed by atoms with Gasteiger partial charge in [0.1, 0.15) is 5.52 Å². The lowest BCUT2D eigenvalue weighted by Gasteiger charge is -2.17. The number of carbonyl (C=O) groups is 2. The Morgan fingerprint density at radius 2 is 2.09 bits per heavy atom. The predicted molar refractivity (Wildman–Crippen MR) is 80.2 cm³/mol. The molecule has 1 aliphatic rings. The molecule has 0 unspecified atom stereocenters. The third-order valence-corrected chi connectivity index (χ3v) is 4.12. The van der Waals surface area contributed by atoms with E-state index in [1.807, 2.05) is 0 Å². The Morgan fingerprint density at radius 3 is 2.86 bits per heavy atom. The average Bonchev–Trinajstić information content (AvgIpc) is 3.11. The zero-order valence-corrected chi connectivity index (χ0v) is 12.6. The first-order valence-corrected chi connectivity index (χ1v) is 7.34. The van der Waals surface area contributed by atoms with Gasteiger partial charge in [0.2, 0.25) is 5.91 Å². The van der Waals surface area contributed by atoms with Crippen LogP contribution in [0.15, 0.2) is 22.6 Å². The minimum atomic E-state index is -0.344. The van der Waals surface area contributed by atoms with E-state index in [4.69, 9.17) is 9.15 Å². The first-order valence-electron chi connectivity index (χ1n) is 7.34. The average molecular weight is 302 g/mol. The number of fused-ring (bicyclic) bond motifs is 1. The van der Waals surface area contributed by atoms with Crippen molar-refractivity contribution in [1.82, 2.24) is 4.98 Å². The van der Waals surface area contributed by atoms with E-state index in [0.29, 0.717) is 35.5 Å². The Labute approximate surface area is 127 Å². The zero-order valence-electron chi connectivity index (χ0n) is 12.6. The summed E-state index contributed by atoms with van der Waals surface area (Å²) in [6.45, 7) is 1.78. The number of nitrogens with one attached hydrogen (secondary N) is 1. The van der Waals surface area contributed by atoms with Gasteiger partial charge in [-0.15, -0.1) is 0 Å². The molecule has 6 heteroatoms. The van der Waals surface area contributed by atoms with Crippen molar-refractivity contribution in [3.05, 3.63) is 24.1 Å². The van der Waals surface area contributed by atoms with Crippen molar-refractivity contribution in [2.45, 2.75) is 26.2 Å². The highest BCUT2D eigenvalue weighted by Gasteiger charge is 2.38. The summed E-state index contributed by atoms with van der Waals surface area (Å²) in [5.41, 5.74) is 2.04. The van der Waals surface area contributed by atoms with Gasteiger partial charge in [0.05, 0.1) is 18.9 Å². The van der Waals surface area contributed by atoms with Crippen molar-refractivity contribution >= 4 is 28.7 Å². The van der Waals surface area contributed by atoms with Gasteiger partial charge in [-0.3, -0.25) is 9.59 Å². The molecule has 0 aliphatic heterocycles. The van der Waals surface area contributed by atoms with Gasteiger partial charge in [0.25, 0.3) is 0 Å². The molecule has 0 spiro atoms. The third kappa shape index (κ3) is 2.68. The minimum Gasteiger partial charge on any atom is -0.469 e. The number of esters is 1. The highest BCUT2D eigenvalue weighted by molar-refractivity contribution is 5.96. The standard InChI is InChI=1S/C16H18N2O4/c1-9-17-13-8-10(6-7-14(13)22-9)18-15(19)11-4-3-5-12(11)16(20)21-2/h6-8,11-12H,3-5H2,1-2H3,(H,18,19)/t11-,12-/m0/s1. The SMILES string of the molecule is COC(=O)[C@H]1CCC[C@@H]1C(=O)Nc1ccc2oc(C)nc2c1. The van der Waals surface area contributed by atoms with Gasteiger partial charge >= 0.3 is 5.97 Å². The molecule has 0 saturated heterocycles. The van der Waals surface area contributed by atoms with E-state index in [9.17, 15) is 9.59 Å². The van der Waals surface area contributed by atoms with E-state index in [0.717, 1.165) is 6.42 Å². The van der Waals surface area contributed by atoms with Gasteiger partial charge in [0.15, 0.2) is 11.5 Å². The van der Waals surface area contributed by atoms with Crippen LogP contribution in [0, 0.1) is 18.8 Å². The van der Waals surface area contributed by atoms with Gasteiger partial charge < -0.3 is 14.5 Å². The molecule has 1 amide bonds. The van der Waals surface area contributed by atoms with Crippen LogP contribution < -0.4 is 5.32 Å². The minimum absolute atomic E-state index is 0.146. The van der Waals surface area contributed by atoms with Crippen LogP contribution in [0.25, 0.3) is 11.1 Å². The van der Waals surface area contributed by atoms with E-state index < -0.39 is 0 Å². The van der Waals surface area contributed by atoms with Crippen LogP contribution in [0.5, 0.6) is 0 Å². The summed E-state index contributed by atoms with van der Waals surface area (Å²) < 4.78 is 10.2. The van der Waals surface area contributed by atoms with E-state index in [-0.39, 0.29) is 23.7 Å². The normalized spacial score (nSPS) is 21.0. The molecule has 1 saturated carbocycles. The Morgan fingerprint density at radius 1 is 1.32 bits per heavy atom. The molecule has 1 fully saturated rings. The lowest BCUT2D eigenvalue weighted by Crippen LogP contribution is -2.30. The molecule has 3 rings (SSSR count). The molecule has 1 aromatic heterocycles. The van der Waals surface area contributed by atoms with Crippen LogP contribution in [0.1, 0.15) is 25.2 Å². The predicted octanol–water partition coefficient (Wildman–Crippen LogP) is 2.66. The van der Waals surface area contributed by atoms with Crippen molar-refractivity contribution in [2.75, 3.05) is 12.4 Å². The summed E-state index contributed by atoms with van der Waals surface area (Å²) in [5, 5.41) is 2.87. The summed E-state index contributed by atoms with van der Waals surface area (Å²) in [7, 11) is 1.36. The highest BCUT2D eigenvalue weighted by Crippen LogP contribution is 2.33. The van der Waals surface area contributed by atoms with Crippen molar-refractivity contribution < 1.29 is 18.7 Å². The fourth-order valence-corrected chi connectivity index (χ4v) is 3.06. The van der Waals surface area contributed by atoms with Crippen LogP contribution >= 0.6 is 0 Å². The number of rotatable bonds is 3. The smallest absolute Gasteiger partial charge is 0.309 e. The van der Waals surface area contributed by atoms with E-state index in [1.54, 1.807) is 25.1 Å². The largest absolute Gasteiger partial charge is 0.469 e. The van der Waals surface area contributed by atoms with Gasteiger partial charge in [-0.1, -0.05) is 6.42 Å². The fraction of sp³-hybridized carbons (Fsp3) is 0.438. The summed E-state index contributed by atoms with van der Waals surface area (Å²) in [5.74, 6) is -0.544. The number of hydrogen-bond donors (Lipinski definition) is 1. The molecule has 1 heterocycles. The van der Waals surface area contributed by atoms with Crippen LogP contribution in [-0.2, 0) is 14.3 Å². The summed E-state index contributed by atoms with van der Waals surface area (Å²) in [4.78, 5) is 28.4. The maximum Gasteiger partial charge on any atom is 0.309 e. The van der Waals surface area contributed by atoms with Crippen LogP contribution in [0.2, 0.25) is 0 Å². The Hall–Kier alpha value is -2.37. The number of nitrogens with zero attached hydrogens (tertiary/aromatic N) is 1. The molecular weight excluding hydrogens is 284 g/mol. The Kier molecular flexibility index (Phi) is 3.83. The Balaban J connectivity index is 1.76. The molecule has 1 N–H and O–H groups in total. The number of hydrogen-bond acceptors (Lipinski definition) is 5. The lowest BCUT2D eigenvalue weighted by atomic mass is 9.95. The number of amides is 1. The first kappa shape index (κ1) is 14.6. The quantitative estimate of drug-likeness (QED) is 0.881. The maximum atomic E-state index is 12.4. The maximum absolute atomic E-state index is 12.4. The van der Waals surface area contributed by atoms with Crippen molar-refractivity contribution in [3.8, 4) is 0 Å². The second kappa shape index (κ2) is 5.79. The van der Waals surface area contributed by atoms with Gasteiger partial charge in [0, 0.05) is 12.6 Å². The lowest BCUT2D eigenvalue weighted by molar-refractivity contribution is -0.148. The molecule has 22 heavy (non-hydrogen) atoms. The molecule has 6 nitrogen and oxygen atoms in total. The van der Waals surface area contributed by atoms with E-state index in [1.165, 1.54) is 7.11 Å².